The first kappa shape index (κ1) is 54.9. The van der Waals surface area contributed by atoms with Crippen molar-refractivity contribution in [2.45, 2.75) is 193 Å². The molecule has 1 N–H and O–H groups in total. The van der Waals surface area contributed by atoms with Crippen LogP contribution in [0.5, 0.6) is 0 Å². The molecule has 0 aromatic carbocycles. The van der Waals surface area contributed by atoms with Crippen molar-refractivity contribution in [3.63, 3.8) is 0 Å². The molecule has 2 atom stereocenters. The number of ketones is 1. The van der Waals surface area contributed by atoms with Crippen molar-refractivity contribution >= 4 is 25.5 Å². The second-order valence-corrected chi connectivity index (χ2v) is 17.9. The lowest BCUT2D eigenvalue weighted by Crippen LogP contribution is -2.37. The Hall–Kier alpha value is -2.10. The van der Waals surface area contributed by atoms with Gasteiger partial charge in [-0.3, -0.25) is 23.4 Å². The van der Waals surface area contributed by atoms with E-state index >= 15 is 0 Å². The van der Waals surface area contributed by atoms with Gasteiger partial charge < -0.3 is 18.9 Å². The first-order valence-electron chi connectivity index (χ1n) is 22.7. The molecule has 0 heterocycles. The molecule has 0 radical (unpaired) electrons. The third-order valence-corrected chi connectivity index (χ3v) is 10.6. The third-order valence-electron chi connectivity index (χ3n) is 9.62. The van der Waals surface area contributed by atoms with Crippen LogP contribution in [-0.2, 0) is 37.5 Å². The molecule has 0 amide bonds. The summed E-state index contributed by atoms with van der Waals surface area (Å²) in [6, 6.07) is 0. The van der Waals surface area contributed by atoms with E-state index in [0.717, 1.165) is 57.8 Å². The van der Waals surface area contributed by atoms with Crippen LogP contribution in [0.1, 0.15) is 187 Å². The maximum absolute atomic E-state index is 12.7. The standard InChI is InChI=1S/C46H84NO9P/c1-6-8-10-12-14-15-16-17-18-19-20-21-22-23-25-29-34-38-46(50)56-44(42-55-57(51,52)54-40-39-47(3,4)5)41-53-45(49)37-33-30-26-28-32-36-43(48)35-31-27-24-13-11-9-7-2/h17-18,24,27,31,35,44H,6-16,19-23,25-26,28-30,32-34,36-42H2,1-5H3/p+1/b18-17-,27-24-,35-31+/t44-/m1/s1. The van der Waals surface area contributed by atoms with Crippen LogP contribution in [0.3, 0.4) is 0 Å². The highest BCUT2D eigenvalue weighted by Crippen LogP contribution is 2.43. The Balaban J connectivity index is 4.42. The zero-order valence-electron chi connectivity index (χ0n) is 37.1. The SMILES string of the molecule is CCCCC/C=C\C=C\C(=O)CCCCCCCC(=O)OC[C@H](COP(=O)(O)OCC[N+](C)(C)C)OC(=O)CCCCCCCCC/C=C\CCCCCCCC. The first-order chi connectivity index (χ1) is 27.4. The van der Waals surface area contributed by atoms with E-state index in [9.17, 15) is 23.8 Å². The van der Waals surface area contributed by atoms with Gasteiger partial charge in [0, 0.05) is 19.3 Å². The molecule has 0 aliphatic rings. The van der Waals surface area contributed by atoms with Gasteiger partial charge in [-0.05, 0) is 63.9 Å². The maximum Gasteiger partial charge on any atom is 0.472 e. The molecule has 0 aromatic rings. The number of unbranched alkanes of at least 4 members (excludes halogenated alkanes) is 20. The van der Waals surface area contributed by atoms with Crippen molar-refractivity contribution in [1.29, 1.82) is 0 Å². The fourth-order valence-corrected chi connectivity index (χ4v) is 6.73. The highest BCUT2D eigenvalue weighted by atomic mass is 31.2. The van der Waals surface area contributed by atoms with E-state index in [2.05, 4.69) is 32.1 Å². The summed E-state index contributed by atoms with van der Waals surface area (Å²) in [5.74, 6) is -0.767. The molecule has 0 aliphatic heterocycles. The molecular formula is C46H85NO9P+. The monoisotopic (exact) mass is 827 g/mol. The van der Waals surface area contributed by atoms with Crippen molar-refractivity contribution in [2.24, 2.45) is 0 Å². The van der Waals surface area contributed by atoms with E-state index in [1.54, 1.807) is 6.08 Å². The number of rotatable bonds is 41. The largest absolute Gasteiger partial charge is 0.472 e. The van der Waals surface area contributed by atoms with Gasteiger partial charge >= 0.3 is 19.8 Å². The van der Waals surface area contributed by atoms with Gasteiger partial charge in [-0.2, -0.15) is 0 Å². The lowest BCUT2D eigenvalue weighted by molar-refractivity contribution is -0.870. The molecule has 1 unspecified atom stereocenters. The van der Waals surface area contributed by atoms with Crippen LogP contribution >= 0.6 is 7.82 Å². The number of hydrogen-bond acceptors (Lipinski definition) is 8. The summed E-state index contributed by atoms with van der Waals surface area (Å²) in [4.78, 5) is 47.4. The average molecular weight is 827 g/mol. The molecule has 0 rings (SSSR count). The van der Waals surface area contributed by atoms with Crippen molar-refractivity contribution in [3.05, 3.63) is 36.5 Å². The molecule has 0 aliphatic carbocycles. The number of carbonyl (C=O) groups excluding carboxylic acids is 3. The average Bonchev–Trinajstić information content (AvgIpc) is 3.15. The molecule has 10 nitrogen and oxygen atoms in total. The molecule has 332 valence electrons. The summed E-state index contributed by atoms with van der Waals surface area (Å²) in [5.41, 5.74) is 0. The number of ether oxygens (including phenoxy) is 2. The Labute approximate surface area is 348 Å². The van der Waals surface area contributed by atoms with Gasteiger partial charge in [-0.25, -0.2) is 4.57 Å². The first-order valence-corrected chi connectivity index (χ1v) is 24.2. The number of phosphoric ester groups is 1. The number of quaternary nitrogens is 1. The molecule has 0 aromatic heterocycles. The quantitative estimate of drug-likeness (QED) is 0.0122. The minimum atomic E-state index is -4.40. The van der Waals surface area contributed by atoms with Crippen LogP contribution in [0.2, 0.25) is 0 Å². The summed E-state index contributed by atoms with van der Waals surface area (Å²) in [6.45, 7) is 4.23. The van der Waals surface area contributed by atoms with Gasteiger partial charge in [-0.1, -0.05) is 141 Å². The van der Waals surface area contributed by atoms with Crippen molar-refractivity contribution in [2.75, 3.05) is 47.5 Å². The van der Waals surface area contributed by atoms with Gasteiger partial charge in [0.1, 0.15) is 19.8 Å². The summed E-state index contributed by atoms with van der Waals surface area (Å²) in [7, 11) is 1.41. The van der Waals surface area contributed by atoms with Crippen molar-refractivity contribution in [1.82, 2.24) is 0 Å². The van der Waals surface area contributed by atoms with Crippen LogP contribution in [0.4, 0.5) is 0 Å². The van der Waals surface area contributed by atoms with Gasteiger partial charge in [-0.15, -0.1) is 0 Å². The highest BCUT2D eigenvalue weighted by Gasteiger charge is 2.27. The maximum atomic E-state index is 12.7. The van der Waals surface area contributed by atoms with Crippen LogP contribution in [0, 0.1) is 0 Å². The summed E-state index contributed by atoms with van der Waals surface area (Å²) in [6.07, 6.45) is 38.6. The van der Waals surface area contributed by atoms with Crippen molar-refractivity contribution < 1.29 is 46.8 Å². The number of phosphoric acid groups is 1. The van der Waals surface area contributed by atoms with E-state index in [-0.39, 0.29) is 31.8 Å². The minimum absolute atomic E-state index is 0.0112. The number of esters is 2. The molecular weight excluding hydrogens is 741 g/mol. The smallest absolute Gasteiger partial charge is 0.462 e. The predicted octanol–water partition coefficient (Wildman–Crippen LogP) is 12.1. The van der Waals surface area contributed by atoms with Crippen LogP contribution < -0.4 is 0 Å². The number of allylic oxidation sites excluding steroid dienone is 6. The number of likely N-dealkylation sites (N-methyl/N-ethyl adjacent to an activating group) is 1. The summed E-state index contributed by atoms with van der Waals surface area (Å²) >= 11 is 0. The molecule has 0 fully saturated rings. The van der Waals surface area contributed by atoms with E-state index in [4.69, 9.17) is 18.5 Å². The van der Waals surface area contributed by atoms with Crippen LogP contribution in [0.25, 0.3) is 0 Å². The molecule has 0 bridgehead atoms. The summed E-state index contributed by atoms with van der Waals surface area (Å²) < 4.78 is 34.2. The Kier molecular flexibility index (Phi) is 36.7. The predicted molar refractivity (Wildman–Crippen MR) is 234 cm³/mol. The van der Waals surface area contributed by atoms with Crippen molar-refractivity contribution in [3.8, 4) is 0 Å². The van der Waals surface area contributed by atoms with E-state index < -0.39 is 32.5 Å². The lowest BCUT2D eigenvalue weighted by Gasteiger charge is -2.24. The number of hydrogen-bond donors (Lipinski definition) is 1. The van der Waals surface area contributed by atoms with E-state index in [0.29, 0.717) is 30.3 Å². The topological polar surface area (TPSA) is 125 Å². The molecule has 0 saturated carbocycles. The Bertz CT molecular complexity index is 1130. The highest BCUT2D eigenvalue weighted by molar-refractivity contribution is 7.47. The van der Waals surface area contributed by atoms with Crippen LogP contribution in [0.15, 0.2) is 36.5 Å². The molecule has 57 heavy (non-hydrogen) atoms. The Morgan fingerprint density at radius 3 is 1.63 bits per heavy atom. The van der Waals surface area contributed by atoms with Gasteiger partial charge in [0.25, 0.3) is 0 Å². The second kappa shape index (κ2) is 38.1. The van der Waals surface area contributed by atoms with E-state index in [1.807, 2.05) is 33.3 Å². The van der Waals surface area contributed by atoms with E-state index in [1.165, 1.54) is 83.5 Å². The Morgan fingerprint density at radius 1 is 0.579 bits per heavy atom. The van der Waals surface area contributed by atoms with Gasteiger partial charge in [0.15, 0.2) is 11.9 Å². The Morgan fingerprint density at radius 2 is 1.05 bits per heavy atom. The van der Waals surface area contributed by atoms with Crippen LogP contribution in [-0.4, -0.2) is 80.7 Å². The zero-order valence-corrected chi connectivity index (χ0v) is 38.0. The fraction of sp³-hybridized carbons (Fsp3) is 0.804. The third kappa shape index (κ3) is 41.8. The lowest BCUT2D eigenvalue weighted by atomic mass is 10.1. The minimum Gasteiger partial charge on any atom is -0.462 e. The molecule has 0 spiro atoms. The molecule has 11 heteroatoms. The normalized spacial score (nSPS) is 13.8. The zero-order chi connectivity index (χ0) is 42.3. The number of nitrogens with zero attached hydrogens (tertiary/aromatic N) is 1. The fourth-order valence-electron chi connectivity index (χ4n) is 5.99. The molecule has 0 saturated heterocycles. The second-order valence-electron chi connectivity index (χ2n) is 16.5. The van der Waals surface area contributed by atoms with Gasteiger partial charge in [0.2, 0.25) is 0 Å². The number of carbonyl (C=O) groups is 3. The summed E-state index contributed by atoms with van der Waals surface area (Å²) in [5, 5.41) is 0. The van der Waals surface area contributed by atoms with Gasteiger partial charge in [0.05, 0.1) is 27.7 Å².